The van der Waals surface area contributed by atoms with E-state index in [1.807, 2.05) is 30.3 Å². The molecule has 1 unspecified atom stereocenters. The number of carbonyl (C=O) groups is 2. The molecule has 1 atom stereocenters. The van der Waals surface area contributed by atoms with E-state index in [1.54, 1.807) is 48.5 Å². The van der Waals surface area contributed by atoms with Crippen LogP contribution in [-0.4, -0.2) is 11.9 Å². The van der Waals surface area contributed by atoms with Gasteiger partial charge < -0.3 is 10.1 Å². The van der Waals surface area contributed by atoms with E-state index in [9.17, 15) is 9.59 Å². The van der Waals surface area contributed by atoms with E-state index in [1.165, 1.54) is 0 Å². The molecule has 1 amide bonds. The Hall–Kier alpha value is -2.82. The van der Waals surface area contributed by atoms with E-state index >= 15 is 0 Å². The Labute approximate surface area is 179 Å². The predicted molar refractivity (Wildman–Crippen MR) is 114 cm³/mol. The fourth-order valence-electron chi connectivity index (χ4n) is 2.79. The Morgan fingerprint density at radius 2 is 1.41 bits per heavy atom. The molecule has 3 aromatic rings. The van der Waals surface area contributed by atoms with E-state index in [0.29, 0.717) is 15.6 Å². The number of Topliss-reactive ketones (excluding diaryl/α,β-unsaturated/α-hetero) is 1. The maximum absolute atomic E-state index is 12.7. The van der Waals surface area contributed by atoms with Crippen molar-refractivity contribution in [2.45, 2.75) is 19.1 Å². The van der Waals surface area contributed by atoms with Crippen molar-refractivity contribution in [2.24, 2.45) is 0 Å². The lowest BCUT2D eigenvalue weighted by Crippen LogP contribution is -2.30. The highest BCUT2D eigenvalue weighted by Crippen LogP contribution is 2.22. The topological polar surface area (TPSA) is 55.4 Å². The molecule has 0 aliphatic heterocycles. The van der Waals surface area contributed by atoms with Crippen LogP contribution in [0, 0.1) is 0 Å². The van der Waals surface area contributed by atoms with Crippen molar-refractivity contribution in [3.8, 4) is 0 Å². The molecular formula is C23H19Cl2NO3. The van der Waals surface area contributed by atoms with Gasteiger partial charge in [-0.15, -0.1) is 0 Å². The third-order valence-corrected chi connectivity index (χ3v) is 4.84. The third kappa shape index (κ3) is 6.34. The lowest BCUT2D eigenvalue weighted by molar-refractivity contribution is 0.0963. The molecule has 3 rings (SSSR count). The molecule has 29 heavy (non-hydrogen) atoms. The normalized spacial score (nSPS) is 11.5. The van der Waals surface area contributed by atoms with E-state index in [0.717, 1.165) is 11.1 Å². The molecule has 0 saturated heterocycles. The molecule has 148 valence electrons. The molecule has 3 aromatic carbocycles. The van der Waals surface area contributed by atoms with Crippen LogP contribution in [-0.2, 0) is 11.3 Å². The Balaban J connectivity index is 1.70. The quantitative estimate of drug-likeness (QED) is 0.454. The van der Waals surface area contributed by atoms with Gasteiger partial charge in [-0.25, -0.2) is 4.79 Å². The maximum atomic E-state index is 12.7. The molecule has 1 N–H and O–H groups in total. The van der Waals surface area contributed by atoms with Crippen LogP contribution in [0.1, 0.15) is 33.9 Å². The smallest absolute Gasteiger partial charge is 0.407 e. The lowest BCUT2D eigenvalue weighted by atomic mass is 9.98. The molecule has 0 fully saturated rings. The van der Waals surface area contributed by atoms with Gasteiger partial charge in [0, 0.05) is 22.0 Å². The van der Waals surface area contributed by atoms with E-state index < -0.39 is 12.1 Å². The van der Waals surface area contributed by atoms with Crippen molar-refractivity contribution in [3.05, 3.63) is 106 Å². The van der Waals surface area contributed by atoms with Gasteiger partial charge in [0.15, 0.2) is 5.78 Å². The second-order valence-electron chi connectivity index (χ2n) is 6.44. The Bertz CT molecular complexity index is 958. The maximum Gasteiger partial charge on any atom is 0.407 e. The van der Waals surface area contributed by atoms with Gasteiger partial charge >= 0.3 is 6.09 Å². The highest BCUT2D eigenvalue weighted by molar-refractivity contribution is 6.30. The standard InChI is InChI=1S/C23H19Cl2NO3/c24-19-10-6-17(7-11-19)21(14-22(27)18-8-12-20(25)13-9-18)26-23(28)29-15-16-4-2-1-3-5-16/h1-13,21H,14-15H2,(H,26,28). The molecule has 6 heteroatoms. The summed E-state index contributed by atoms with van der Waals surface area (Å²) in [6.45, 7) is 0.144. The summed E-state index contributed by atoms with van der Waals surface area (Å²) in [4.78, 5) is 25.0. The molecule has 0 aliphatic rings. The first-order valence-corrected chi connectivity index (χ1v) is 9.78. The van der Waals surface area contributed by atoms with Crippen molar-refractivity contribution >= 4 is 35.1 Å². The van der Waals surface area contributed by atoms with Gasteiger partial charge in [-0.05, 0) is 47.5 Å². The van der Waals surface area contributed by atoms with Crippen LogP contribution in [0.4, 0.5) is 4.79 Å². The Morgan fingerprint density at radius 3 is 2.03 bits per heavy atom. The summed E-state index contributed by atoms with van der Waals surface area (Å²) in [6, 6.07) is 22.5. The van der Waals surface area contributed by atoms with Crippen molar-refractivity contribution < 1.29 is 14.3 Å². The number of carbonyl (C=O) groups excluding carboxylic acids is 2. The second-order valence-corrected chi connectivity index (χ2v) is 7.32. The molecule has 0 aliphatic carbocycles. The van der Waals surface area contributed by atoms with E-state index in [4.69, 9.17) is 27.9 Å². The number of alkyl carbamates (subject to hydrolysis) is 1. The fourth-order valence-corrected chi connectivity index (χ4v) is 3.05. The highest BCUT2D eigenvalue weighted by Gasteiger charge is 2.20. The van der Waals surface area contributed by atoms with Gasteiger partial charge in [-0.2, -0.15) is 0 Å². The first-order chi connectivity index (χ1) is 14.0. The van der Waals surface area contributed by atoms with Gasteiger partial charge in [-0.3, -0.25) is 4.79 Å². The van der Waals surface area contributed by atoms with Crippen LogP contribution in [0.25, 0.3) is 0 Å². The zero-order valence-corrected chi connectivity index (χ0v) is 17.0. The molecular weight excluding hydrogens is 409 g/mol. The zero-order valence-electron chi connectivity index (χ0n) is 15.5. The molecule has 0 heterocycles. The number of halogens is 2. The summed E-state index contributed by atoms with van der Waals surface area (Å²) in [5.74, 6) is -0.120. The van der Waals surface area contributed by atoms with Crippen LogP contribution >= 0.6 is 23.2 Å². The number of amides is 1. The highest BCUT2D eigenvalue weighted by atomic mass is 35.5. The lowest BCUT2D eigenvalue weighted by Gasteiger charge is -2.19. The van der Waals surface area contributed by atoms with Gasteiger partial charge in [-0.1, -0.05) is 65.7 Å². The van der Waals surface area contributed by atoms with E-state index in [2.05, 4.69) is 5.32 Å². The molecule has 0 saturated carbocycles. The summed E-state index contributed by atoms with van der Waals surface area (Å²) in [7, 11) is 0. The molecule has 0 aromatic heterocycles. The molecule has 0 bridgehead atoms. The van der Waals surface area contributed by atoms with Crippen LogP contribution in [0.5, 0.6) is 0 Å². The summed E-state index contributed by atoms with van der Waals surface area (Å²) >= 11 is 11.9. The number of rotatable bonds is 7. The minimum atomic E-state index is -0.599. The molecule has 0 spiro atoms. The van der Waals surface area contributed by atoms with Crippen molar-refractivity contribution in [2.75, 3.05) is 0 Å². The fraction of sp³-hybridized carbons (Fsp3) is 0.130. The largest absolute Gasteiger partial charge is 0.445 e. The number of benzene rings is 3. The minimum absolute atomic E-state index is 0.0731. The van der Waals surface area contributed by atoms with Crippen molar-refractivity contribution in [1.29, 1.82) is 0 Å². The van der Waals surface area contributed by atoms with Gasteiger partial charge in [0.2, 0.25) is 0 Å². The number of hydrogen-bond donors (Lipinski definition) is 1. The monoisotopic (exact) mass is 427 g/mol. The first-order valence-electron chi connectivity index (χ1n) is 9.03. The molecule has 4 nitrogen and oxygen atoms in total. The average molecular weight is 428 g/mol. The first kappa shape index (κ1) is 20.9. The summed E-state index contributed by atoms with van der Waals surface area (Å²) < 4.78 is 5.30. The minimum Gasteiger partial charge on any atom is -0.445 e. The van der Waals surface area contributed by atoms with Crippen LogP contribution in [0.15, 0.2) is 78.9 Å². The average Bonchev–Trinajstić information content (AvgIpc) is 2.73. The van der Waals surface area contributed by atoms with Gasteiger partial charge in [0.25, 0.3) is 0 Å². The van der Waals surface area contributed by atoms with Crippen LogP contribution < -0.4 is 5.32 Å². The Kier molecular flexibility index (Phi) is 7.28. The van der Waals surface area contributed by atoms with Crippen molar-refractivity contribution in [1.82, 2.24) is 5.32 Å². The zero-order chi connectivity index (χ0) is 20.6. The summed E-state index contributed by atoms with van der Waals surface area (Å²) in [5, 5.41) is 3.91. The number of ether oxygens (including phenoxy) is 1. The summed E-state index contributed by atoms with van der Waals surface area (Å²) in [6.07, 6.45) is -0.526. The number of nitrogens with one attached hydrogen (secondary N) is 1. The summed E-state index contributed by atoms with van der Waals surface area (Å²) in [5.41, 5.74) is 2.16. The van der Waals surface area contributed by atoms with E-state index in [-0.39, 0.29) is 18.8 Å². The van der Waals surface area contributed by atoms with Gasteiger partial charge in [0.1, 0.15) is 6.61 Å². The third-order valence-electron chi connectivity index (χ3n) is 4.33. The number of ketones is 1. The Morgan fingerprint density at radius 1 is 0.828 bits per heavy atom. The molecule has 0 radical (unpaired) electrons. The predicted octanol–water partition coefficient (Wildman–Crippen LogP) is 6.23. The van der Waals surface area contributed by atoms with Gasteiger partial charge in [0.05, 0.1) is 6.04 Å². The van der Waals surface area contributed by atoms with Crippen molar-refractivity contribution in [3.63, 3.8) is 0 Å². The number of hydrogen-bond acceptors (Lipinski definition) is 3. The van der Waals surface area contributed by atoms with Crippen LogP contribution in [0.3, 0.4) is 0 Å². The van der Waals surface area contributed by atoms with Crippen LogP contribution in [0.2, 0.25) is 10.0 Å². The second kappa shape index (κ2) is 10.1. The SMILES string of the molecule is O=C(NC(CC(=O)c1ccc(Cl)cc1)c1ccc(Cl)cc1)OCc1ccccc1.